The molecule has 56 valence electrons. The van der Waals surface area contributed by atoms with Gasteiger partial charge < -0.3 is 0 Å². The van der Waals surface area contributed by atoms with Crippen molar-refractivity contribution in [3.05, 3.63) is 34.3 Å². The Morgan fingerprint density at radius 3 is 2.91 bits per heavy atom. The summed E-state index contributed by atoms with van der Waals surface area (Å²) >= 11 is 3.29. The zero-order valence-corrected chi connectivity index (χ0v) is 7.36. The Hall–Kier alpha value is -0.810. The number of hydrogen-bond acceptors (Lipinski definition) is 0. The van der Waals surface area contributed by atoms with Gasteiger partial charge in [0.1, 0.15) is 0 Å². The Balaban J connectivity index is 2.87. The van der Waals surface area contributed by atoms with Crippen LogP contribution in [0, 0.1) is 11.8 Å². The van der Waals surface area contributed by atoms with Gasteiger partial charge in [-0.15, -0.1) is 0 Å². The average Bonchev–Trinajstić information content (AvgIpc) is 2.01. The smallest absolute Gasteiger partial charge is 0.150 e. The molecule has 0 saturated carbocycles. The predicted molar refractivity (Wildman–Crippen MR) is 47.0 cm³/mol. The summed E-state index contributed by atoms with van der Waals surface area (Å²) in [7, 11) is 0. The van der Waals surface area contributed by atoms with Crippen LogP contribution in [0.15, 0.2) is 28.7 Å². The van der Waals surface area contributed by atoms with Crippen LogP contribution in [-0.2, 0) is 0 Å². The standard InChI is InChI=1S/C9H6BrF/c10-9-5-1-3-8(7-9)4-2-6-11/h1,3,5,7H,6H2. The van der Waals surface area contributed by atoms with Gasteiger partial charge in [0.05, 0.1) is 0 Å². The third kappa shape index (κ3) is 2.73. The molecule has 0 amide bonds. The SMILES string of the molecule is FCC#Cc1cccc(Br)c1. The molecular formula is C9H6BrF. The fraction of sp³-hybridized carbons (Fsp3) is 0.111. The lowest BCUT2D eigenvalue weighted by molar-refractivity contribution is 0.573. The zero-order chi connectivity index (χ0) is 8.10. The number of halogens is 2. The summed E-state index contributed by atoms with van der Waals surface area (Å²) < 4.78 is 12.6. The molecule has 0 spiro atoms. The molecule has 0 aliphatic heterocycles. The van der Waals surface area contributed by atoms with Gasteiger partial charge in [0.2, 0.25) is 0 Å². The molecular weight excluding hydrogens is 207 g/mol. The van der Waals surface area contributed by atoms with Gasteiger partial charge in [-0.1, -0.05) is 33.8 Å². The molecule has 0 aliphatic carbocycles. The average molecular weight is 213 g/mol. The van der Waals surface area contributed by atoms with Crippen LogP contribution in [0.25, 0.3) is 0 Å². The van der Waals surface area contributed by atoms with E-state index in [1.807, 2.05) is 24.3 Å². The number of alkyl halides is 1. The van der Waals surface area contributed by atoms with E-state index in [1.54, 1.807) is 0 Å². The van der Waals surface area contributed by atoms with Crippen molar-refractivity contribution in [3.8, 4) is 11.8 Å². The summed E-state index contributed by atoms with van der Waals surface area (Å²) in [5, 5.41) is 0. The summed E-state index contributed by atoms with van der Waals surface area (Å²) in [5.74, 6) is 5.03. The number of benzene rings is 1. The van der Waals surface area contributed by atoms with Crippen LogP contribution in [0.3, 0.4) is 0 Å². The van der Waals surface area contributed by atoms with E-state index >= 15 is 0 Å². The maximum absolute atomic E-state index is 11.6. The monoisotopic (exact) mass is 212 g/mol. The molecule has 0 radical (unpaired) electrons. The van der Waals surface area contributed by atoms with Crippen molar-refractivity contribution in [3.63, 3.8) is 0 Å². The second kappa shape index (κ2) is 4.15. The molecule has 0 saturated heterocycles. The second-order valence-corrected chi connectivity index (χ2v) is 2.86. The fourth-order valence-electron chi connectivity index (χ4n) is 0.702. The van der Waals surface area contributed by atoms with Crippen molar-refractivity contribution in [1.82, 2.24) is 0 Å². The van der Waals surface area contributed by atoms with Gasteiger partial charge in [0.25, 0.3) is 0 Å². The molecule has 0 N–H and O–H groups in total. The summed E-state index contributed by atoms with van der Waals surface area (Å²) in [4.78, 5) is 0. The van der Waals surface area contributed by atoms with Gasteiger partial charge in [-0.2, -0.15) is 0 Å². The molecule has 0 heterocycles. The quantitative estimate of drug-likeness (QED) is 0.581. The third-order valence-electron chi connectivity index (χ3n) is 1.12. The first kappa shape index (κ1) is 8.29. The first-order valence-corrected chi connectivity index (χ1v) is 3.92. The maximum atomic E-state index is 11.6. The van der Waals surface area contributed by atoms with E-state index in [9.17, 15) is 4.39 Å². The van der Waals surface area contributed by atoms with E-state index in [-0.39, 0.29) is 0 Å². The van der Waals surface area contributed by atoms with Gasteiger partial charge in [0, 0.05) is 10.0 Å². The van der Waals surface area contributed by atoms with Crippen molar-refractivity contribution < 1.29 is 4.39 Å². The van der Waals surface area contributed by atoms with Crippen LogP contribution in [0.1, 0.15) is 5.56 Å². The molecule has 0 aliphatic rings. The Kier molecular flexibility index (Phi) is 3.13. The highest BCUT2D eigenvalue weighted by molar-refractivity contribution is 9.10. The molecule has 1 aromatic rings. The highest BCUT2D eigenvalue weighted by atomic mass is 79.9. The van der Waals surface area contributed by atoms with Crippen LogP contribution in [-0.4, -0.2) is 6.67 Å². The molecule has 2 heteroatoms. The van der Waals surface area contributed by atoms with Crippen molar-refractivity contribution in [2.24, 2.45) is 0 Å². The van der Waals surface area contributed by atoms with E-state index in [1.165, 1.54) is 0 Å². The topological polar surface area (TPSA) is 0 Å². The Morgan fingerprint density at radius 1 is 1.45 bits per heavy atom. The molecule has 0 bridgehead atoms. The summed E-state index contributed by atoms with van der Waals surface area (Å²) in [6.45, 7) is -0.591. The summed E-state index contributed by atoms with van der Waals surface area (Å²) in [6.07, 6.45) is 0. The van der Waals surface area contributed by atoms with Crippen molar-refractivity contribution in [1.29, 1.82) is 0 Å². The minimum atomic E-state index is -0.591. The third-order valence-corrected chi connectivity index (χ3v) is 1.62. The molecule has 0 nitrogen and oxygen atoms in total. The van der Waals surface area contributed by atoms with E-state index < -0.39 is 6.67 Å². The Morgan fingerprint density at radius 2 is 2.27 bits per heavy atom. The van der Waals surface area contributed by atoms with Gasteiger partial charge in [-0.05, 0) is 18.2 Å². The fourth-order valence-corrected chi connectivity index (χ4v) is 1.10. The molecule has 0 unspecified atom stereocenters. The first-order valence-electron chi connectivity index (χ1n) is 3.13. The normalized spacial score (nSPS) is 8.55. The van der Waals surface area contributed by atoms with Gasteiger partial charge in [-0.3, -0.25) is 0 Å². The van der Waals surface area contributed by atoms with Crippen LogP contribution in [0.2, 0.25) is 0 Å². The van der Waals surface area contributed by atoms with E-state index in [2.05, 4.69) is 27.8 Å². The van der Waals surface area contributed by atoms with Crippen molar-refractivity contribution in [2.75, 3.05) is 6.67 Å². The minimum absolute atomic E-state index is 0.591. The van der Waals surface area contributed by atoms with Gasteiger partial charge >= 0.3 is 0 Å². The van der Waals surface area contributed by atoms with Crippen molar-refractivity contribution >= 4 is 15.9 Å². The van der Waals surface area contributed by atoms with Crippen LogP contribution in [0.5, 0.6) is 0 Å². The van der Waals surface area contributed by atoms with Crippen LogP contribution >= 0.6 is 15.9 Å². The molecule has 0 aromatic heterocycles. The van der Waals surface area contributed by atoms with E-state index in [0.717, 1.165) is 10.0 Å². The van der Waals surface area contributed by atoms with Gasteiger partial charge in [-0.25, -0.2) is 4.39 Å². The number of rotatable bonds is 0. The first-order chi connectivity index (χ1) is 5.33. The van der Waals surface area contributed by atoms with Crippen LogP contribution < -0.4 is 0 Å². The summed E-state index contributed by atoms with van der Waals surface area (Å²) in [6, 6.07) is 7.46. The molecule has 11 heavy (non-hydrogen) atoms. The molecule has 1 rings (SSSR count). The Labute approximate surface area is 73.6 Å². The van der Waals surface area contributed by atoms with Gasteiger partial charge in [0.15, 0.2) is 6.67 Å². The predicted octanol–water partition coefficient (Wildman–Crippen LogP) is 2.77. The molecule has 0 atom stereocenters. The minimum Gasteiger partial charge on any atom is -0.237 e. The molecule has 1 aromatic carbocycles. The van der Waals surface area contributed by atoms with E-state index in [4.69, 9.17) is 0 Å². The lowest BCUT2D eigenvalue weighted by Crippen LogP contribution is -1.73. The lowest BCUT2D eigenvalue weighted by Gasteiger charge is -1.89. The van der Waals surface area contributed by atoms with Crippen molar-refractivity contribution in [2.45, 2.75) is 0 Å². The zero-order valence-electron chi connectivity index (χ0n) is 5.77. The summed E-state index contributed by atoms with van der Waals surface area (Å²) in [5.41, 5.74) is 0.831. The largest absolute Gasteiger partial charge is 0.237 e. The lowest BCUT2D eigenvalue weighted by atomic mass is 10.2. The number of hydrogen-bond donors (Lipinski definition) is 0. The molecule has 0 fully saturated rings. The van der Waals surface area contributed by atoms with E-state index in [0.29, 0.717) is 0 Å². The Bertz CT molecular complexity index is 296. The van der Waals surface area contributed by atoms with Crippen LogP contribution in [0.4, 0.5) is 4.39 Å². The second-order valence-electron chi connectivity index (χ2n) is 1.95. The highest BCUT2D eigenvalue weighted by Gasteiger charge is 1.86. The highest BCUT2D eigenvalue weighted by Crippen LogP contribution is 2.10. The maximum Gasteiger partial charge on any atom is 0.150 e.